The van der Waals surface area contributed by atoms with E-state index in [1.807, 2.05) is 13.0 Å². The van der Waals surface area contributed by atoms with Crippen LogP contribution in [0.1, 0.15) is 31.7 Å². The first-order valence-electron chi connectivity index (χ1n) is 7.41. The zero-order chi connectivity index (χ0) is 13.9. The molecule has 2 heterocycles. The summed E-state index contributed by atoms with van der Waals surface area (Å²) in [4.78, 5) is 14.1. The molecule has 0 amide bonds. The van der Waals surface area contributed by atoms with Crippen molar-refractivity contribution in [2.24, 2.45) is 0 Å². The monoisotopic (exact) mass is 271 g/mol. The number of ether oxygens (including phenoxy) is 1. The van der Waals surface area contributed by atoms with Gasteiger partial charge in [-0.2, -0.15) is 0 Å². The highest BCUT2D eigenvalue weighted by atomic mass is 16.6. The molecule has 0 spiro atoms. The summed E-state index contributed by atoms with van der Waals surface area (Å²) in [7, 11) is 0. The van der Waals surface area contributed by atoms with Crippen LogP contribution in [0.3, 0.4) is 0 Å². The summed E-state index contributed by atoms with van der Waals surface area (Å²) in [5.74, 6) is -0.0343. The number of cyclic esters (lactones) is 1. The Morgan fingerprint density at radius 1 is 1.20 bits per heavy atom. The Morgan fingerprint density at radius 3 is 2.50 bits per heavy atom. The number of piperidine rings is 1. The molecule has 0 N–H and O–H groups in total. The van der Waals surface area contributed by atoms with Gasteiger partial charge in [-0.25, -0.2) is 0 Å². The van der Waals surface area contributed by atoms with Gasteiger partial charge >= 0.3 is 5.97 Å². The summed E-state index contributed by atoms with van der Waals surface area (Å²) in [6.45, 7) is 3.90. The maximum absolute atomic E-state index is 11.8. The van der Waals surface area contributed by atoms with Crippen molar-refractivity contribution in [3.63, 3.8) is 0 Å². The fourth-order valence-corrected chi connectivity index (χ4v) is 3.09. The number of nitrogens with zero attached hydrogens (tertiary/aromatic N) is 1. The Kier molecular flexibility index (Phi) is 3.88. The van der Waals surface area contributed by atoms with Gasteiger partial charge in [0.05, 0.1) is 0 Å². The van der Waals surface area contributed by atoms with Crippen LogP contribution < -0.4 is 0 Å². The molecule has 0 bridgehead atoms. The molecule has 2 unspecified atom stereocenters. The van der Waals surface area contributed by atoms with E-state index in [-0.39, 0.29) is 18.1 Å². The lowest BCUT2D eigenvalue weighted by atomic mass is 9.99. The molecule has 20 heavy (non-hydrogen) atoms. The molecule has 1 aromatic carbocycles. The summed E-state index contributed by atoms with van der Waals surface area (Å²) in [6, 6.07) is 10.4. The van der Waals surface area contributed by atoms with Crippen LogP contribution in [0.15, 0.2) is 35.9 Å². The molecule has 0 radical (unpaired) electrons. The van der Waals surface area contributed by atoms with Gasteiger partial charge in [-0.3, -0.25) is 9.69 Å². The molecule has 2 aliphatic heterocycles. The van der Waals surface area contributed by atoms with Gasteiger partial charge in [0.15, 0.2) is 0 Å². The molecular weight excluding hydrogens is 250 g/mol. The minimum atomic E-state index is -0.0343. The minimum Gasteiger partial charge on any atom is -0.461 e. The lowest BCUT2D eigenvalue weighted by molar-refractivity contribution is -0.144. The first kappa shape index (κ1) is 13.4. The third-order valence-electron chi connectivity index (χ3n) is 4.20. The molecule has 0 aliphatic carbocycles. The second kappa shape index (κ2) is 5.80. The quantitative estimate of drug-likeness (QED) is 0.775. The summed E-state index contributed by atoms with van der Waals surface area (Å²) in [5, 5.41) is 0. The highest BCUT2D eigenvalue weighted by Crippen LogP contribution is 2.26. The van der Waals surface area contributed by atoms with Crippen molar-refractivity contribution in [1.82, 2.24) is 4.90 Å². The van der Waals surface area contributed by atoms with E-state index >= 15 is 0 Å². The van der Waals surface area contributed by atoms with Gasteiger partial charge in [-0.15, -0.1) is 0 Å². The average molecular weight is 271 g/mol. The number of rotatable bonds is 2. The molecule has 0 saturated carbocycles. The van der Waals surface area contributed by atoms with E-state index in [2.05, 4.69) is 35.2 Å². The highest BCUT2D eigenvalue weighted by Gasteiger charge is 2.37. The molecule has 3 rings (SSSR count). The van der Waals surface area contributed by atoms with Crippen molar-refractivity contribution in [2.45, 2.75) is 38.3 Å². The van der Waals surface area contributed by atoms with Crippen LogP contribution in [-0.2, 0) is 9.53 Å². The summed E-state index contributed by atoms with van der Waals surface area (Å²) >= 11 is 0. The summed E-state index contributed by atoms with van der Waals surface area (Å²) < 4.78 is 5.25. The minimum absolute atomic E-state index is 0.0109. The highest BCUT2D eigenvalue weighted by molar-refractivity contribution is 5.78. The molecule has 2 aliphatic rings. The number of likely N-dealkylation sites (tertiary alicyclic amines) is 1. The number of hydrogen-bond acceptors (Lipinski definition) is 3. The molecule has 106 valence electrons. The van der Waals surface area contributed by atoms with Gasteiger partial charge in [0.2, 0.25) is 0 Å². The van der Waals surface area contributed by atoms with Crippen LogP contribution in [0.5, 0.6) is 0 Å². The maximum atomic E-state index is 11.8. The van der Waals surface area contributed by atoms with Crippen molar-refractivity contribution in [1.29, 1.82) is 0 Å². The number of benzene rings is 1. The number of hydrogen-bond donors (Lipinski definition) is 0. The lowest BCUT2D eigenvalue weighted by Crippen LogP contribution is -2.42. The number of esters is 1. The predicted molar refractivity (Wildman–Crippen MR) is 79.2 cm³/mol. The predicted octanol–water partition coefficient (Wildman–Crippen LogP) is 2.87. The van der Waals surface area contributed by atoms with Crippen molar-refractivity contribution in [3.05, 3.63) is 41.5 Å². The Bertz CT molecular complexity index is 499. The third-order valence-corrected chi connectivity index (χ3v) is 4.20. The Morgan fingerprint density at radius 2 is 1.90 bits per heavy atom. The first-order chi connectivity index (χ1) is 9.72. The zero-order valence-electron chi connectivity index (χ0n) is 11.9. The summed E-state index contributed by atoms with van der Waals surface area (Å²) in [6.07, 6.45) is 5.30. The fourth-order valence-electron chi connectivity index (χ4n) is 3.09. The second-order valence-electron chi connectivity index (χ2n) is 5.75. The Balaban J connectivity index is 1.60. The van der Waals surface area contributed by atoms with Crippen LogP contribution in [0.2, 0.25) is 0 Å². The maximum Gasteiger partial charge on any atom is 0.323 e. The van der Waals surface area contributed by atoms with E-state index in [0.717, 1.165) is 32.4 Å². The van der Waals surface area contributed by atoms with Gasteiger partial charge in [0.25, 0.3) is 0 Å². The molecule has 2 fully saturated rings. The molecule has 0 aromatic heterocycles. The van der Waals surface area contributed by atoms with Crippen LogP contribution in [0, 0.1) is 0 Å². The Labute approximate surface area is 120 Å². The van der Waals surface area contributed by atoms with Gasteiger partial charge in [0, 0.05) is 19.5 Å². The topological polar surface area (TPSA) is 29.5 Å². The zero-order valence-corrected chi connectivity index (χ0v) is 11.9. The molecule has 3 nitrogen and oxygen atoms in total. The van der Waals surface area contributed by atoms with Crippen LogP contribution in [0.25, 0.3) is 6.08 Å². The Hall–Kier alpha value is -1.61. The van der Waals surface area contributed by atoms with E-state index in [4.69, 9.17) is 4.74 Å². The van der Waals surface area contributed by atoms with Crippen molar-refractivity contribution in [3.8, 4) is 0 Å². The van der Waals surface area contributed by atoms with Gasteiger partial charge < -0.3 is 4.74 Å². The molecule has 2 atom stereocenters. The largest absolute Gasteiger partial charge is 0.461 e. The summed E-state index contributed by atoms with van der Waals surface area (Å²) in [5.41, 5.74) is 2.75. The average Bonchev–Trinajstić information content (AvgIpc) is 2.80. The number of carbonyl (C=O) groups excluding carboxylic acids is 1. The lowest BCUT2D eigenvalue weighted by Gasteiger charge is -2.31. The smallest absolute Gasteiger partial charge is 0.323 e. The number of carbonyl (C=O) groups is 1. The van der Waals surface area contributed by atoms with E-state index in [1.165, 1.54) is 11.1 Å². The normalized spacial score (nSPS) is 27.4. The first-order valence-corrected chi connectivity index (χ1v) is 7.41. The van der Waals surface area contributed by atoms with Gasteiger partial charge in [-0.05, 0) is 25.3 Å². The standard InChI is InChI=1S/C17H21NO2/c1-13-11-16(17(19)20-13)18-9-7-15(8-10-18)12-14-5-3-2-4-6-14/h2-6,12-13,16H,7-11H2,1H3. The van der Waals surface area contributed by atoms with Crippen LogP contribution in [0.4, 0.5) is 0 Å². The van der Waals surface area contributed by atoms with E-state index in [0.29, 0.717) is 0 Å². The van der Waals surface area contributed by atoms with E-state index in [9.17, 15) is 4.79 Å². The molecular formula is C17H21NO2. The third kappa shape index (κ3) is 2.93. The van der Waals surface area contributed by atoms with E-state index < -0.39 is 0 Å². The van der Waals surface area contributed by atoms with Crippen molar-refractivity contribution >= 4 is 12.0 Å². The second-order valence-corrected chi connectivity index (χ2v) is 5.75. The van der Waals surface area contributed by atoms with Crippen molar-refractivity contribution < 1.29 is 9.53 Å². The van der Waals surface area contributed by atoms with Gasteiger partial charge in [0.1, 0.15) is 12.1 Å². The molecule has 1 aromatic rings. The molecule has 3 heteroatoms. The van der Waals surface area contributed by atoms with Gasteiger partial charge in [-0.1, -0.05) is 42.0 Å². The van der Waals surface area contributed by atoms with E-state index in [1.54, 1.807) is 0 Å². The fraction of sp³-hybridized carbons (Fsp3) is 0.471. The van der Waals surface area contributed by atoms with Crippen LogP contribution >= 0.6 is 0 Å². The van der Waals surface area contributed by atoms with Crippen LogP contribution in [-0.4, -0.2) is 36.1 Å². The SMILES string of the molecule is CC1CC(N2CCC(=Cc3ccccc3)CC2)C(=O)O1. The van der Waals surface area contributed by atoms with Crippen molar-refractivity contribution in [2.75, 3.05) is 13.1 Å². The molecule has 2 saturated heterocycles.